The molecule has 35 heavy (non-hydrogen) atoms. The van der Waals surface area contributed by atoms with Crippen molar-refractivity contribution in [1.82, 2.24) is 0 Å². The van der Waals surface area contributed by atoms with Gasteiger partial charge in [0.2, 0.25) is 5.91 Å². The first kappa shape index (κ1) is 23.9. The average Bonchev–Trinajstić information content (AvgIpc) is 3.52. The maximum Gasteiger partial charge on any atom is 0.416 e. The second-order valence-corrected chi connectivity index (χ2v) is 7.44. The minimum atomic E-state index is -4.46. The zero-order valence-corrected chi connectivity index (χ0v) is 18.4. The zero-order chi connectivity index (χ0) is 25.0. The Bertz CT molecular complexity index is 1370. The van der Waals surface area contributed by atoms with Gasteiger partial charge in [-0.3, -0.25) is 4.79 Å². The highest BCUT2D eigenvalue weighted by Crippen LogP contribution is 2.34. The molecule has 2 aromatic heterocycles. The maximum atomic E-state index is 13.0. The molecule has 0 saturated heterocycles. The highest BCUT2D eigenvalue weighted by Gasteiger charge is 2.30. The second-order valence-electron chi connectivity index (χ2n) is 7.44. The topological polar surface area (TPSA) is 84.8 Å². The Morgan fingerprint density at radius 1 is 1.03 bits per heavy atom. The lowest BCUT2D eigenvalue weighted by atomic mass is 10.1. The molecule has 2 aromatic carbocycles. The molecule has 1 amide bonds. The number of aliphatic hydroxyl groups is 1. The van der Waals surface area contributed by atoms with Crippen molar-refractivity contribution in [2.24, 2.45) is 0 Å². The van der Waals surface area contributed by atoms with Crippen LogP contribution in [0.4, 0.5) is 18.9 Å². The molecule has 0 saturated carbocycles. The maximum absolute atomic E-state index is 13.0. The number of hydrogen-bond donors (Lipinski definition) is 2. The van der Waals surface area contributed by atoms with Crippen LogP contribution in [0.25, 0.3) is 28.7 Å². The van der Waals surface area contributed by atoms with E-state index >= 15 is 0 Å². The van der Waals surface area contributed by atoms with Crippen LogP contribution < -0.4 is 10.1 Å². The molecule has 4 aromatic rings. The Hall–Kier alpha value is -4.24. The number of aliphatic hydroxyl groups excluding tert-OH is 1. The van der Waals surface area contributed by atoms with E-state index in [-0.39, 0.29) is 17.9 Å². The number of furan rings is 2. The fourth-order valence-electron chi connectivity index (χ4n) is 3.37. The van der Waals surface area contributed by atoms with Gasteiger partial charge >= 0.3 is 6.18 Å². The van der Waals surface area contributed by atoms with Gasteiger partial charge in [0.15, 0.2) is 0 Å². The van der Waals surface area contributed by atoms with E-state index < -0.39 is 17.6 Å². The predicted octanol–water partition coefficient (Wildman–Crippen LogP) is 6.38. The van der Waals surface area contributed by atoms with E-state index in [2.05, 4.69) is 5.32 Å². The minimum absolute atomic E-state index is 0.244. The van der Waals surface area contributed by atoms with Gasteiger partial charge in [0.05, 0.1) is 18.2 Å². The molecule has 2 heterocycles. The summed E-state index contributed by atoms with van der Waals surface area (Å²) < 4.78 is 55.3. The van der Waals surface area contributed by atoms with E-state index in [1.807, 2.05) is 0 Å². The first-order chi connectivity index (χ1) is 16.8. The van der Waals surface area contributed by atoms with E-state index in [9.17, 15) is 23.1 Å². The Morgan fingerprint density at radius 2 is 1.83 bits per heavy atom. The van der Waals surface area contributed by atoms with E-state index in [1.54, 1.807) is 36.4 Å². The van der Waals surface area contributed by atoms with E-state index in [0.29, 0.717) is 34.3 Å². The van der Waals surface area contributed by atoms with Crippen molar-refractivity contribution < 1.29 is 36.6 Å². The number of alkyl halides is 3. The normalized spacial score (nSPS) is 11.7. The van der Waals surface area contributed by atoms with Crippen LogP contribution >= 0.6 is 0 Å². The molecule has 0 unspecified atom stereocenters. The molecule has 0 radical (unpaired) electrons. The average molecular weight is 483 g/mol. The number of ether oxygens (including phenoxy) is 1. The largest absolute Gasteiger partial charge is 0.496 e. The van der Waals surface area contributed by atoms with Crippen molar-refractivity contribution in [3.8, 4) is 28.4 Å². The molecular weight excluding hydrogens is 463 g/mol. The van der Waals surface area contributed by atoms with Crippen molar-refractivity contribution >= 4 is 17.7 Å². The number of halogens is 3. The lowest BCUT2D eigenvalue weighted by molar-refractivity contribution is -0.137. The quantitative estimate of drug-likeness (QED) is 0.298. The lowest BCUT2D eigenvalue weighted by Gasteiger charge is -2.09. The van der Waals surface area contributed by atoms with Crippen LogP contribution in [0.2, 0.25) is 0 Å². The van der Waals surface area contributed by atoms with Gasteiger partial charge in [-0.25, -0.2) is 0 Å². The Labute approximate surface area is 198 Å². The molecule has 0 aliphatic heterocycles. The van der Waals surface area contributed by atoms with Crippen LogP contribution in [-0.4, -0.2) is 18.1 Å². The Morgan fingerprint density at radius 3 is 2.54 bits per heavy atom. The molecule has 0 aliphatic carbocycles. The summed E-state index contributed by atoms with van der Waals surface area (Å²) in [6.07, 6.45) is -1.80. The van der Waals surface area contributed by atoms with Gasteiger partial charge in [-0.15, -0.1) is 0 Å². The van der Waals surface area contributed by atoms with Crippen molar-refractivity contribution in [1.29, 1.82) is 0 Å². The van der Waals surface area contributed by atoms with Gasteiger partial charge < -0.3 is 24.0 Å². The molecule has 2 N–H and O–H groups in total. The van der Waals surface area contributed by atoms with Gasteiger partial charge in [-0.1, -0.05) is 12.1 Å². The molecule has 4 rings (SSSR count). The third-order valence-corrected chi connectivity index (χ3v) is 5.05. The smallest absolute Gasteiger partial charge is 0.416 e. The summed E-state index contributed by atoms with van der Waals surface area (Å²) in [5.41, 5.74) is 0.563. The Kier molecular flexibility index (Phi) is 6.79. The molecule has 0 spiro atoms. The third kappa shape index (κ3) is 5.64. The summed E-state index contributed by atoms with van der Waals surface area (Å²) in [7, 11) is 1.51. The van der Waals surface area contributed by atoms with Gasteiger partial charge in [0, 0.05) is 17.3 Å². The summed E-state index contributed by atoms with van der Waals surface area (Å²) >= 11 is 0. The molecule has 0 atom stereocenters. The van der Waals surface area contributed by atoms with Gasteiger partial charge in [0.25, 0.3) is 0 Å². The van der Waals surface area contributed by atoms with Crippen LogP contribution in [0.3, 0.4) is 0 Å². The minimum Gasteiger partial charge on any atom is -0.496 e. The highest BCUT2D eigenvalue weighted by atomic mass is 19.4. The zero-order valence-electron chi connectivity index (χ0n) is 18.4. The summed E-state index contributed by atoms with van der Waals surface area (Å²) in [5.74, 6) is 1.48. The number of carbonyl (C=O) groups excluding carboxylic acids is 1. The number of rotatable bonds is 7. The van der Waals surface area contributed by atoms with Crippen LogP contribution in [0.1, 0.15) is 17.1 Å². The van der Waals surface area contributed by atoms with Gasteiger partial charge in [-0.2, -0.15) is 13.2 Å². The number of carbonyl (C=O) groups is 1. The van der Waals surface area contributed by atoms with Crippen LogP contribution in [0, 0.1) is 0 Å². The number of methoxy groups -OCH3 is 1. The SMILES string of the molecule is COc1ccc(NC(=O)/C=C/c2ccc(-c3cccc(C(F)(F)F)c3)o2)cc1-c1ccc(CO)o1. The summed E-state index contributed by atoms with van der Waals surface area (Å²) in [6, 6.07) is 16.2. The Balaban J connectivity index is 1.47. The van der Waals surface area contributed by atoms with Gasteiger partial charge in [0.1, 0.15) is 35.4 Å². The van der Waals surface area contributed by atoms with E-state index in [1.165, 1.54) is 37.5 Å². The summed E-state index contributed by atoms with van der Waals surface area (Å²) in [6.45, 7) is -0.244. The molecular formula is C26H20F3NO5. The van der Waals surface area contributed by atoms with Crippen LogP contribution in [0.15, 0.2) is 81.6 Å². The van der Waals surface area contributed by atoms with E-state index in [4.69, 9.17) is 13.6 Å². The molecule has 0 aliphatic rings. The number of benzene rings is 2. The van der Waals surface area contributed by atoms with Crippen molar-refractivity contribution in [2.75, 3.05) is 12.4 Å². The van der Waals surface area contributed by atoms with Gasteiger partial charge in [-0.05, 0) is 60.7 Å². The molecule has 0 bridgehead atoms. The van der Waals surface area contributed by atoms with E-state index in [0.717, 1.165) is 12.1 Å². The number of hydrogen-bond acceptors (Lipinski definition) is 5. The lowest BCUT2D eigenvalue weighted by Crippen LogP contribution is -2.07. The standard InChI is InChI=1S/C26H20F3NO5/c1-33-23-9-5-18(14-21(23)24-11-7-20(15-31)35-24)30-25(32)12-8-19-6-10-22(34-19)16-3-2-4-17(13-16)26(27,28)29/h2-14,31H,15H2,1H3,(H,30,32)/b12-8+. The first-order valence-electron chi connectivity index (χ1n) is 10.4. The molecule has 6 nitrogen and oxygen atoms in total. The monoisotopic (exact) mass is 483 g/mol. The van der Waals surface area contributed by atoms with Crippen molar-refractivity contribution in [3.05, 3.63) is 89.9 Å². The summed E-state index contributed by atoms with van der Waals surface area (Å²) in [4.78, 5) is 12.4. The third-order valence-electron chi connectivity index (χ3n) is 5.05. The van der Waals surface area contributed by atoms with Crippen molar-refractivity contribution in [2.45, 2.75) is 12.8 Å². The molecule has 9 heteroatoms. The fraction of sp³-hybridized carbons (Fsp3) is 0.115. The molecule has 0 fully saturated rings. The molecule has 180 valence electrons. The summed E-state index contributed by atoms with van der Waals surface area (Å²) in [5, 5.41) is 11.9. The van der Waals surface area contributed by atoms with Crippen LogP contribution in [-0.2, 0) is 17.6 Å². The number of amides is 1. The van der Waals surface area contributed by atoms with Crippen molar-refractivity contribution in [3.63, 3.8) is 0 Å². The fourth-order valence-corrected chi connectivity index (χ4v) is 3.37. The number of nitrogens with one attached hydrogen (secondary N) is 1. The highest BCUT2D eigenvalue weighted by molar-refractivity contribution is 6.02. The number of anilines is 1. The van der Waals surface area contributed by atoms with Crippen LogP contribution in [0.5, 0.6) is 5.75 Å². The first-order valence-corrected chi connectivity index (χ1v) is 10.4. The predicted molar refractivity (Wildman–Crippen MR) is 123 cm³/mol. The second kappa shape index (κ2) is 9.94.